The minimum atomic E-state index is -0.321. The fourth-order valence-corrected chi connectivity index (χ4v) is 3.95. The maximum Gasteiger partial charge on any atom is 0.272 e. The molecule has 1 amide bonds. The predicted molar refractivity (Wildman–Crippen MR) is 123 cm³/mol. The van der Waals surface area contributed by atoms with Gasteiger partial charge in [-0.3, -0.25) is 4.79 Å². The van der Waals surface area contributed by atoms with E-state index in [1.165, 1.54) is 12.1 Å². The number of anilines is 3. The summed E-state index contributed by atoms with van der Waals surface area (Å²) in [5.74, 6) is 0.0193. The number of nitrogens with one attached hydrogen (secondary N) is 1. The molecule has 1 fully saturated rings. The van der Waals surface area contributed by atoms with Gasteiger partial charge in [0.25, 0.3) is 5.91 Å². The Hall–Kier alpha value is -3.58. The minimum absolute atomic E-state index is 0.152. The molecule has 1 aliphatic rings. The summed E-state index contributed by atoms with van der Waals surface area (Å²) in [6.07, 6.45) is 1.56. The van der Waals surface area contributed by atoms with Gasteiger partial charge in [-0.05, 0) is 54.6 Å². The lowest BCUT2D eigenvalue weighted by molar-refractivity contribution is 0.0741. The fourth-order valence-electron chi connectivity index (χ4n) is 3.82. The van der Waals surface area contributed by atoms with Gasteiger partial charge in [-0.25, -0.2) is 9.37 Å². The molecule has 0 bridgehead atoms. The zero-order chi connectivity index (χ0) is 22.1. The normalized spacial score (nSPS) is 14.1. The predicted octanol–water partition coefficient (Wildman–Crippen LogP) is 5.33. The number of fused-ring (bicyclic) bond motifs is 1. The Bertz CT molecular complexity index is 1250. The first kappa shape index (κ1) is 20.3. The van der Waals surface area contributed by atoms with E-state index < -0.39 is 0 Å². The summed E-state index contributed by atoms with van der Waals surface area (Å²) in [5, 5.41) is 4.61. The van der Waals surface area contributed by atoms with Crippen LogP contribution in [0.15, 0.2) is 71.3 Å². The van der Waals surface area contributed by atoms with E-state index in [-0.39, 0.29) is 11.7 Å². The standard InChI is InChI=1S/C24H20ClFN4O2/c25-16-1-7-19(8-2-16)29-10-12-30(13-11-29)24(31)21-15-22-20(9-14-32-22)23(28-21)27-18-5-3-17(26)4-6-18/h1-9,14-15H,10-13H2,(H,27,28). The van der Waals surface area contributed by atoms with Crippen molar-refractivity contribution < 1.29 is 13.6 Å². The highest BCUT2D eigenvalue weighted by Crippen LogP contribution is 2.28. The lowest BCUT2D eigenvalue weighted by atomic mass is 10.2. The van der Waals surface area contributed by atoms with Crippen LogP contribution in [0.1, 0.15) is 10.5 Å². The molecule has 1 aliphatic heterocycles. The van der Waals surface area contributed by atoms with Crippen LogP contribution in [0.3, 0.4) is 0 Å². The minimum Gasteiger partial charge on any atom is -0.464 e. The van der Waals surface area contributed by atoms with E-state index in [1.807, 2.05) is 24.3 Å². The van der Waals surface area contributed by atoms with Gasteiger partial charge in [0.1, 0.15) is 22.9 Å². The third-order valence-corrected chi connectivity index (χ3v) is 5.79. The molecule has 0 atom stereocenters. The van der Waals surface area contributed by atoms with Crippen molar-refractivity contribution in [3.63, 3.8) is 0 Å². The van der Waals surface area contributed by atoms with Crippen LogP contribution in [-0.2, 0) is 0 Å². The number of halogens is 2. The van der Waals surface area contributed by atoms with Gasteiger partial charge < -0.3 is 19.5 Å². The molecule has 162 valence electrons. The zero-order valence-corrected chi connectivity index (χ0v) is 17.8. The summed E-state index contributed by atoms with van der Waals surface area (Å²) in [4.78, 5) is 21.8. The molecule has 4 aromatic rings. The summed E-state index contributed by atoms with van der Waals surface area (Å²) in [5.41, 5.74) is 2.62. The van der Waals surface area contributed by atoms with Gasteiger partial charge in [0.05, 0.1) is 11.6 Å². The number of amides is 1. The summed E-state index contributed by atoms with van der Waals surface area (Å²) < 4.78 is 18.8. The summed E-state index contributed by atoms with van der Waals surface area (Å²) in [7, 11) is 0. The number of aromatic nitrogens is 1. The van der Waals surface area contributed by atoms with Gasteiger partial charge in [-0.1, -0.05) is 11.6 Å². The fraction of sp³-hybridized carbons (Fsp3) is 0.167. The second kappa shape index (κ2) is 8.51. The molecule has 2 aromatic heterocycles. The number of carbonyl (C=O) groups is 1. The first-order valence-electron chi connectivity index (χ1n) is 10.3. The number of carbonyl (C=O) groups excluding carboxylic acids is 1. The van der Waals surface area contributed by atoms with Gasteiger partial charge in [-0.2, -0.15) is 0 Å². The number of furan rings is 1. The van der Waals surface area contributed by atoms with E-state index in [9.17, 15) is 9.18 Å². The van der Waals surface area contributed by atoms with Crippen LogP contribution in [0.2, 0.25) is 5.02 Å². The molecule has 0 saturated carbocycles. The molecule has 1 N–H and O–H groups in total. The van der Waals surface area contributed by atoms with Crippen molar-refractivity contribution >= 4 is 45.7 Å². The van der Waals surface area contributed by atoms with Gasteiger partial charge in [0, 0.05) is 48.6 Å². The van der Waals surface area contributed by atoms with Crippen LogP contribution in [0.25, 0.3) is 11.0 Å². The number of rotatable bonds is 4. The van der Waals surface area contributed by atoms with Crippen molar-refractivity contribution in [3.8, 4) is 0 Å². The van der Waals surface area contributed by atoms with Crippen molar-refractivity contribution in [2.24, 2.45) is 0 Å². The molecular formula is C24H20ClFN4O2. The largest absolute Gasteiger partial charge is 0.464 e. The van der Waals surface area contributed by atoms with Crippen molar-refractivity contribution in [2.45, 2.75) is 0 Å². The Morgan fingerprint density at radius 3 is 2.44 bits per heavy atom. The number of hydrogen-bond donors (Lipinski definition) is 1. The molecule has 8 heteroatoms. The third kappa shape index (κ3) is 4.11. The van der Waals surface area contributed by atoms with Crippen LogP contribution < -0.4 is 10.2 Å². The second-order valence-corrected chi connectivity index (χ2v) is 8.01. The van der Waals surface area contributed by atoms with Gasteiger partial charge >= 0.3 is 0 Å². The molecule has 32 heavy (non-hydrogen) atoms. The lowest BCUT2D eigenvalue weighted by Crippen LogP contribution is -2.49. The topological polar surface area (TPSA) is 61.6 Å². The average Bonchev–Trinajstić information content (AvgIpc) is 3.30. The molecule has 0 spiro atoms. The monoisotopic (exact) mass is 450 g/mol. The average molecular weight is 451 g/mol. The van der Waals surface area contributed by atoms with Gasteiger partial charge in [0.15, 0.2) is 0 Å². The summed E-state index contributed by atoms with van der Waals surface area (Å²) >= 11 is 5.98. The van der Waals surface area contributed by atoms with E-state index in [2.05, 4.69) is 15.2 Å². The Labute approximate surface area is 189 Å². The highest BCUT2D eigenvalue weighted by Gasteiger charge is 2.24. The SMILES string of the molecule is O=C(c1cc2occc2c(Nc2ccc(F)cc2)n1)N1CCN(c2ccc(Cl)cc2)CC1. The van der Waals surface area contributed by atoms with E-state index in [4.69, 9.17) is 16.0 Å². The molecular weight excluding hydrogens is 431 g/mol. The molecule has 3 heterocycles. The van der Waals surface area contributed by atoms with E-state index >= 15 is 0 Å². The Morgan fingerprint density at radius 1 is 1.00 bits per heavy atom. The number of pyridine rings is 1. The third-order valence-electron chi connectivity index (χ3n) is 5.54. The Morgan fingerprint density at radius 2 is 1.72 bits per heavy atom. The second-order valence-electron chi connectivity index (χ2n) is 7.58. The van der Waals surface area contributed by atoms with Crippen molar-refractivity contribution in [1.29, 1.82) is 0 Å². The van der Waals surface area contributed by atoms with Crippen LogP contribution in [-0.4, -0.2) is 42.0 Å². The highest BCUT2D eigenvalue weighted by molar-refractivity contribution is 6.30. The first-order valence-corrected chi connectivity index (χ1v) is 10.7. The molecule has 0 aliphatic carbocycles. The van der Waals surface area contributed by atoms with Crippen molar-refractivity contribution in [1.82, 2.24) is 9.88 Å². The quantitative estimate of drug-likeness (QED) is 0.455. The molecule has 5 rings (SSSR count). The van der Waals surface area contributed by atoms with Crippen LogP contribution in [0.5, 0.6) is 0 Å². The van der Waals surface area contributed by atoms with Gasteiger partial charge in [0.2, 0.25) is 0 Å². The van der Waals surface area contributed by atoms with Crippen LogP contribution in [0.4, 0.5) is 21.6 Å². The van der Waals surface area contributed by atoms with E-state index in [0.29, 0.717) is 40.9 Å². The van der Waals surface area contributed by atoms with Gasteiger partial charge in [-0.15, -0.1) is 0 Å². The van der Waals surface area contributed by atoms with Crippen LogP contribution >= 0.6 is 11.6 Å². The Kier molecular flexibility index (Phi) is 5.41. The van der Waals surface area contributed by atoms with E-state index in [1.54, 1.807) is 35.4 Å². The molecule has 0 radical (unpaired) electrons. The molecule has 0 unspecified atom stereocenters. The molecule has 2 aromatic carbocycles. The summed E-state index contributed by atoms with van der Waals surface area (Å²) in [6.45, 7) is 2.61. The zero-order valence-electron chi connectivity index (χ0n) is 17.1. The first-order chi connectivity index (χ1) is 15.6. The molecule has 6 nitrogen and oxygen atoms in total. The summed E-state index contributed by atoms with van der Waals surface area (Å²) in [6, 6.07) is 17.1. The lowest BCUT2D eigenvalue weighted by Gasteiger charge is -2.36. The van der Waals surface area contributed by atoms with Crippen molar-refractivity contribution in [3.05, 3.63) is 83.5 Å². The van der Waals surface area contributed by atoms with Crippen LogP contribution in [0, 0.1) is 5.82 Å². The maximum absolute atomic E-state index is 13.2. The number of hydrogen-bond acceptors (Lipinski definition) is 5. The maximum atomic E-state index is 13.2. The molecule has 1 saturated heterocycles. The number of piperazine rings is 1. The number of benzene rings is 2. The van der Waals surface area contributed by atoms with Crippen molar-refractivity contribution in [2.75, 3.05) is 36.4 Å². The smallest absolute Gasteiger partial charge is 0.272 e. The Balaban J connectivity index is 1.34. The highest BCUT2D eigenvalue weighted by atomic mass is 35.5. The number of nitrogens with zero attached hydrogens (tertiary/aromatic N) is 3. The van der Waals surface area contributed by atoms with E-state index in [0.717, 1.165) is 24.2 Å².